The van der Waals surface area contributed by atoms with Crippen LogP contribution in [0.3, 0.4) is 0 Å². The second-order valence-electron chi connectivity index (χ2n) is 4.37. The highest BCUT2D eigenvalue weighted by Gasteiger charge is 2.19. The van der Waals surface area contributed by atoms with Crippen LogP contribution in [0.2, 0.25) is 0 Å². The van der Waals surface area contributed by atoms with E-state index in [2.05, 4.69) is 15.8 Å². The lowest BCUT2D eigenvalue weighted by atomic mass is 10.2. The van der Waals surface area contributed by atoms with Gasteiger partial charge in [0.2, 0.25) is 0 Å². The van der Waals surface area contributed by atoms with Gasteiger partial charge < -0.3 is 10.7 Å². The van der Waals surface area contributed by atoms with Crippen molar-refractivity contribution in [2.24, 2.45) is 12.9 Å². The fourth-order valence-corrected chi connectivity index (χ4v) is 2.01. The summed E-state index contributed by atoms with van der Waals surface area (Å²) in [5, 5.41) is 18.4. The summed E-state index contributed by atoms with van der Waals surface area (Å²) < 4.78 is 1.71. The van der Waals surface area contributed by atoms with Crippen molar-refractivity contribution in [1.29, 1.82) is 0 Å². The van der Waals surface area contributed by atoms with Crippen molar-refractivity contribution in [3.05, 3.63) is 45.8 Å². The Morgan fingerprint density at radius 2 is 2.15 bits per heavy atom. The van der Waals surface area contributed by atoms with Gasteiger partial charge in [-0.05, 0) is 19.1 Å². The number of nitrogens with zero attached hydrogens (tertiary/aromatic N) is 3. The number of nitrogens with two attached hydrogens (primary N) is 1. The van der Waals surface area contributed by atoms with Gasteiger partial charge in [0.25, 0.3) is 0 Å². The van der Waals surface area contributed by atoms with Crippen molar-refractivity contribution in [2.45, 2.75) is 13.5 Å². The molecule has 0 radical (unpaired) electrons. The van der Waals surface area contributed by atoms with Gasteiger partial charge in [0.05, 0.1) is 10.6 Å². The number of benzene rings is 1. The van der Waals surface area contributed by atoms with E-state index in [9.17, 15) is 10.1 Å². The van der Waals surface area contributed by atoms with E-state index in [1.165, 1.54) is 0 Å². The molecule has 1 aromatic heterocycles. The molecule has 0 bridgehead atoms. The molecule has 1 aromatic carbocycles. The lowest BCUT2D eigenvalue weighted by Crippen LogP contribution is -2.11. The third-order valence-corrected chi connectivity index (χ3v) is 2.96. The number of anilines is 2. The number of nitro groups is 1. The number of nitrogen functional groups attached to an aromatic ring is 1. The second-order valence-corrected chi connectivity index (χ2v) is 4.37. The van der Waals surface area contributed by atoms with E-state index in [0.717, 1.165) is 11.3 Å². The minimum atomic E-state index is -0.465. The van der Waals surface area contributed by atoms with Gasteiger partial charge in [-0.3, -0.25) is 20.6 Å². The highest BCUT2D eigenvalue weighted by Crippen LogP contribution is 2.32. The molecular weight excluding hydrogens is 260 g/mol. The lowest BCUT2D eigenvalue weighted by molar-refractivity contribution is -0.383. The molecular formula is C12H16N6O2. The number of aryl methyl sites for hydroxylation is 2. The molecule has 8 nitrogen and oxygen atoms in total. The minimum Gasteiger partial charge on any atom is -0.375 e. The third kappa shape index (κ3) is 2.69. The zero-order valence-corrected chi connectivity index (χ0v) is 11.3. The average molecular weight is 276 g/mol. The average Bonchev–Trinajstić information content (AvgIpc) is 2.73. The summed E-state index contributed by atoms with van der Waals surface area (Å²) in [5.41, 5.74) is 4.80. The topological polar surface area (TPSA) is 111 Å². The molecule has 0 aliphatic rings. The van der Waals surface area contributed by atoms with Crippen LogP contribution in [0.4, 0.5) is 17.1 Å². The largest absolute Gasteiger partial charge is 0.375 e. The number of rotatable bonds is 5. The molecule has 4 N–H and O–H groups in total. The van der Waals surface area contributed by atoms with Gasteiger partial charge >= 0.3 is 5.69 Å². The normalized spacial score (nSPS) is 10.3. The zero-order valence-electron chi connectivity index (χ0n) is 11.3. The third-order valence-electron chi connectivity index (χ3n) is 2.96. The van der Waals surface area contributed by atoms with Crippen molar-refractivity contribution in [2.75, 3.05) is 10.7 Å². The molecule has 2 rings (SSSR count). The molecule has 0 atom stereocenters. The highest BCUT2D eigenvalue weighted by molar-refractivity contribution is 5.75. The van der Waals surface area contributed by atoms with Crippen LogP contribution in [-0.2, 0) is 13.6 Å². The summed E-state index contributed by atoms with van der Waals surface area (Å²) in [6.07, 6.45) is 1.87. The minimum absolute atomic E-state index is 0.0726. The monoisotopic (exact) mass is 276 g/mol. The van der Waals surface area contributed by atoms with Crippen LogP contribution in [-0.4, -0.2) is 14.7 Å². The van der Waals surface area contributed by atoms with Crippen molar-refractivity contribution in [3.63, 3.8) is 0 Å². The summed E-state index contributed by atoms with van der Waals surface area (Å²) in [7, 11) is 1.83. The van der Waals surface area contributed by atoms with Crippen LogP contribution in [0, 0.1) is 17.0 Å². The first-order chi connectivity index (χ1) is 9.52. The van der Waals surface area contributed by atoms with E-state index in [4.69, 9.17) is 5.84 Å². The summed E-state index contributed by atoms with van der Waals surface area (Å²) in [4.78, 5) is 10.7. The number of aromatic nitrogens is 2. The molecule has 0 spiro atoms. The fraction of sp³-hybridized carbons (Fsp3) is 0.250. The Kier molecular flexibility index (Phi) is 3.85. The maximum atomic E-state index is 11.1. The molecule has 0 fully saturated rings. The number of hydrogen-bond acceptors (Lipinski definition) is 6. The van der Waals surface area contributed by atoms with Gasteiger partial charge in [-0.1, -0.05) is 6.07 Å². The van der Waals surface area contributed by atoms with Crippen molar-refractivity contribution in [1.82, 2.24) is 9.78 Å². The van der Waals surface area contributed by atoms with Gasteiger partial charge in [-0.15, -0.1) is 0 Å². The Morgan fingerprint density at radius 1 is 1.45 bits per heavy atom. The second kappa shape index (κ2) is 5.57. The van der Waals surface area contributed by atoms with Crippen molar-refractivity contribution >= 4 is 17.1 Å². The zero-order chi connectivity index (χ0) is 14.7. The van der Waals surface area contributed by atoms with Crippen molar-refractivity contribution in [3.8, 4) is 0 Å². The molecule has 0 aliphatic carbocycles. The maximum Gasteiger partial charge on any atom is 0.316 e. The fourth-order valence-electron chi connectivity index (χ4n) is 2.01. The first kappa shape index (κ1) is 13.8. The molecule has 0 unspecified atom stereocenters. The smallest absolute Gasteiger partial charge is 0.316 e. The van der Waals surface area contributed by atoms with Gasteiger partial charge in [0, 0.05) is 25.4 Å². The van der Waals surface area contributed by atoms with Gasteiger partial charge in [-0.25, -0.2) is 0 Å². The molecule has 0 amide bonds. The Bertz CT molecular complexity index is 637. The molecule has 0 saturated heterocycles. The number of hydrogen-bond donors (Lipinski definition) is 3. The number of para-hydroxylation sites is 1. The van der Waals surface area contributed by atoms with Gasteiger partial charge in [0.15, 0.2) is 0 Å². The molecule has 106 valence electrons. The lowest BCUT2D eigenvalue weighted by Gasteiger charge is -2.09. The standard InChI is InChI=1S/C12H16N6O2/c1-8-9(7-17(2)16-8)6-14-10-4-3-5-11(15-13)12(10)18(19)20/h3-5,7,14-15H,6,13H2,1-2H3. The van der Waals surface area contributed by atoms with Crippen molar-refractivity contribution < 1.29 is 4.92 Å². The Balaban J connectivity index is 2.25. The summed E-state index contributed by atoms with van der Waals surface area (Å²) >= 11 is 0. The Hall–Kier alpha value is -2.61. The molecule has 1 heterocycles. The van der Waals surface area contributed by atoms with Crippen LogP contribution in [0.1, 0.15) is 11.3 Å². The predicted molar refractivity (Wildman–Crippen MR) is 76.2 cm³/mol. The van der Waals surface area contributed by atoms with E-state index in [1.54, 1.807) is 22.9 Å². The van der Waals surface area contributed by atoms with Gasteiger partial charge in [0.1, 0.15) is 11.4 Å². The van der Waals surface area contributed by atoms with E-state index < -0.39 is 4.92 Å². The molecule has 0 saturated carbocycles. The quantitative estimate of drug-likeness (QED) is 0.434. The molecule has 0 aliphatic heterocycles. The van der Waals surface area contributed by atoms with Crippen LogP contribution in [0.25, 0.3) is 0 Å². The number of hydrazine groups is 1. The molecule has 20 heavy (non-hydrogen) atoms. The summed E-state index contributed by atoms with van der Waals surface area (Å²) in [6, 6.07) is 4.89. The predicted octanol–water partition coefficient (Wildman–Crippen LogP) is 1.53. The SMILES string of the molecule is Cc1nn(C)cc1CNc1cccc(NN)c1[N+](=O)[O-]. The number of nitrogens with one attached hydrogen (secondary N) is 2. The van der Waals surface area contributed by atoms with E-state index in [-0.39, 0.29) is 11.4 Å². The van der Waals surface area contributed by atoms with Crippen LogP contribution >= 0.6 is 0 Å². The molecule has 2 aromatic rings. The first-order valence-corrected chi connectivity index (χ1v) is 6.00. The van der Waals surface area contributed by atoms with Gasteiger partial charge in [-0.2, -0.15) is 5.10 Å². The summed E-state index contributed by atoms with van der Waals surface area (Å²) in [6.45, 7) is 2.35. The summed E-state index contributed by atoms with van der Waals surface area (Å²) in [5.74, 6) is 5.30. The highest BCUT2D eigenvalue weighted by atomic mass is 16.6. The van der Waals surface area contributed by atoms with Crippen LogP contribution in [0.5, 0.6) is 0 Å². The van der Waals surface area contributed by atoms with E-state index >= 15 is 0 Å². The Labute approximate surface area is 115 Å². The first-order valence-electron chi connectivity index (χ1n) is 6.00. The van der Waals surface area contributed by atoms with Crippen LogP contribution < -0.4 is 16.6 Å². The maximum absolute atomic E-state index is 11.1. The van der Waals surface area contributed by atoms with E-state index in [1.807, 2.05) is 20.2 Å². The van der Waals surface area contributed by atoms with E-state index in [0.29, 0.717) is 12.2 Å². The number of nitro benzene ring substituents is 1. The van der Waals surface area contributed by atoms with Crippen LogP contribution in [0.15, 0.2) is 24.4 Å². The molecule has 8 heteroatoms. The Morgan fingerprint density at radius 3 is 2.70 bits per heavy atom.